The van der Waals surface area contributed by atoms with Gasteiger partial charge in [0.1, 0.15) is 0 Å². The number of carbonyl (C=O) groups is 1. The van der Waals surface area contributed by atoms with E-state index in [1.807, 2.05) is 0 Å². The molecule has 1 saturated carbocycles. The van der Waals surface area contributed by atoms with Crippen LogP contribution in [-0.2, 0) is 4.79 Å². The normalized spacial score (nSPS) is 25.1. The Morgan fingerprint density at radius 2 is 1.93 bits per heavy atom. The number of nitrogens with zero attached hydrogens (tertiary/aromatic N) is 1. The van der Waals surface area contributed by atoms with E-state index in [0.29, 0.717) is 0 Å². The number of aliphatic carboxylic acids is 1. The molecule has 2 fully saturated rings. The predicted octanol–water partition coefficient (Wildman–Crippen LogP) is 1.73. The summed E-state index contributed by atoms with van der Waals surface area (Å²) in [7, 11) is 0. The molecule has 1 saturated heterocycles. The minimum Gasteiger partial charge on any atom is -0.481 e. The van der Waals surface area contributed by atoms with Crippen LogP contribution in [0.3, 0.4) is 0 Å². The van der Waals surface area contributed by atoms with E-state index in [-0.39, 0.29) is 5.41 Å². The zero-order valence-electron chi connectivity index (χ0n) is 8.67. The van der Waals surface area contributed by atoms with Gasteiger partial charge in [0.05, 0.1) is 5.41 Å². The fourth-order valence-corrected chi connectivity index (χ4v) is 2.37. The molecule has 0 aromatic heterocycles. The van der Waals surface area contributed by atoms with Crippen LogP contribution >= 0.6 is 0 Å². The zero-order valence-corrected chi connectivity index (χ0v) is 8.67. The first kappa shape index (κ1) is 9.97. The third-order valence-corrected chi connectivity index (χ3v) is 3.64. The predicted molar refractivity (Wildman–Crippen MR) is 54.2 cm³/mol. The summed E-state index contributed by atoms with van der Waals surface area (Å²) < 4.78 is 0. The molecule has 3 nitrogen and oxygen atoms in total. The summed E-state index contributed by atoms with van der Waals surface area (Å²) in [5.74, 6) is -0.570. The maximum absolute atomic E-state index is 10.9. The average Bonchev–Trinajstić information content (AvgIpc) is 2.76. The van der Waals surface area contributed by atoms with Crippen LogP contribution in [0.1, 0.15) is 38.5 Å². The standard InChI is InChI=1S/C11H19NO2/c13-10(14)11(5-6-11)4-3-9-12-7-1-2-8-12/h1-9H2,(H,13,14). The summed E-state index contributed by atoms with van der Waals surface area (Å²) in [4.78, 5) is 13.4. The molecule has 2 aliphatic rings. The summed E-state index contributed by atoms with van der Waals surface area (Å²) in [5, 5.41) is 8.98. The van der Waals surface area contributed by atoms with Gasteiger partial charge in [0.25, 0.3) is 0 Å². The van der Waals surface area contributed by atoms with Gasteiger partial charge in [-0.1, -0.05) is 0 Å². The molecule has 14 heavy (non-hydrogen) atoms. The van der Waals surface area contributed by atoms with Crippen LogP contribution in [-0.4, -0.2) is 35.6 Å². The van der Waals surface area contributed by atoms with Gasteiger partial charge in [0, 0.05) is 0 Å². The van der Waals surface area contributed by atoms with E-state index in [1.165, 1.54) is 25.9 Å². The van der Waals surface area contributed by atoms with Crippen molar-refractivity contribution < 1.29 is 9.90 Å². The van der Waals surface area contributed by atoms with E-state index < -0.39 is 5.97 Å². The number of likely N-dealkylation sites (tertiary alicyclic amines) is 1. The van der Waals surface area contributed by atoms with Gasteiger partial charge in [-0.15, -0.1) is 0 Å². The van der Waals surface area contributed by atoms with Gasteiger partial charge in [-0.3, -0.25) is 4.79 Å². The Bertz CT molecular complexity index is 217. The summed E-state index contributed by atoms with van der Waals surface area (Å²) in [6.07, 6.45) is 6.41. The van der Waals surface area contributed by atoms with Gasteiger partial charge >= 0.3 is 5.97 Å². The topological polar surface area (TPSA) is 40.5 Å². The molecule has 0 spiro atoms. The first-order valence-electron chi connectivity index (χ1n) is 5.69. The molecule has 0 aromatic carbocycles. The number of carboxylic acid groups (broad SMARTS) is 1. The third-order valence-electron chi connectivity index (χ3n) is 3.64. The second-order valence-corrected chi connectivity index (χ2v) is 4.74. The fourth-order valence-electron chi connectivity index (χ4n) is 2.37. The molecule has 1 aliphatic heterocycles. The maximum atomic E-state index is 10.9. The van der Waals surface area contributed by atoms with E-state index in [0.717, 1.165) is 32.2 Å². The molecular weight excluding hydrogens is 178 g/mol. The Hall–Kier alpha value is -0.570. The van der Waals surface area contributed by atoms with Crippen LogP contribution < -0.4 is 0 Å². The molecule has 0 amide bonds. The van der Waals surface area contributed by atoms with Crippen molar-refractivity contribution in [3.05, 3.63) is 0 Å². The van der Waals surface area contributed by atoms with Crippen LogP contribution in [0.15, 0.2) is 0 Å². The van der Waals surface area contributed by atoms with Gasteiger partial charge < -0.3 is 10.0 Å². The molecule has 1 aliphatic carbocycles. The van der Waals surface area contributed by atoms with Gasteiger partial charge in [0.15, 0.2) is 0 Å². The summed E-state index contributed by atoms with van der Waals surface area (Å²) >= 11 is 0. The van der Waals surface area contributed by atoms with E-state index in [1.54, 1.807) is 0 Å². The van der Waals surface area contributed by atoms with Crippen LogP contribution in [0.25, 0.3) is 0 Å². The lowest BCUT2D eigenvalue weighted by Gasteiger charge is -2.15. The molecule has 0 unspecified atom stereocenters. The van der Waals surface area contributed by atoms with Gasteiger partial charge in [-0.05, 0) is 58.2 Å². The first-order chi connectivity index (χ1) is 6.73. The Labute approximate surface area is 85.1 Å². The van der Waals surface area contributed by atoms with Crippen molar-refractivity contribution in [1.82, 2.24) is 4.90 Å². The van der Waals surface area contributed by atoms with Gasteiger partial charge in [0.2, 0.25) is 0 Å². The van der Waals surface area contributed by atoms with E-state index in [9.17, 15) is 4.79 Å². The Morgan fingerprint density at radius 1 is 1.29 bits per heavy atom. The maximum Gasteiger partial charge on any atom is 0.309 e. The van der Waals surface area contributed by atoms with Crippen molar-refractivity contribution in [3.8, 4) is 0 Å². The molecule has 80 valence electrons. The van der Waals surface area contributed by atoms with Crippen molar-refractivity contribution in [2.24, 2.45) is 5.41 Å². The van der Waals surface area contributed by atoms with Crippen LogP contribution in [0.4, 0.5) is 0 Å². The lowest BCUT2D eigenvalue weighted by atomic mass is 10.0. The lowest BCUT2D eigenvalue weighted by Crippen LogP contribution is -2.22. The third kappa shape index (κ3) is 2.08. The molecular formula is C11H19NO2. The van der Waals surface area contributed by atoms with Crippen LogP contribution in [0.5, 0.6) is 0 Å². The van der Waals surface area contributed by atoms with Crippen molar-refractivity contribution in [1.29, 1.82) is 0 Å². The monoisotopic (exact) mass is 197 g/mol. The molecule has 2 rings (SSSR count). The Balaban J connectivity index is 1.65. The highest BCUT2D eigenvalue weighted by atomic mass is 16.4. The zero-order chi connectivity index (χ0) is 10.0. The van der Waals surface area contributed by atoms with E-state index in [2.05, 4.69) is 4.90 Å². The highest BCUT2D eigenvalue weighted by Gasteiger charge is 2.49. The van der Waals surface area contributed by atoms with Crippen molar-refractivity contribution in [3.63, 3.8) is 0 Å². The van der Waals surface area contributed by atoms with E-state index >= 15 is 0 Å². The summed E-state index contributed by atoms with van der Waals surface area (Å²) in [5.41, 5.74) is -0.306. The summed E-state index contributed by atoms with van der Waals surface area (Å²) in [6.45, 7) is 3.55. The molecule has 1 N–H and O–H groups in total. The van der Waals surface area contributed by atoms with Crippen molar-refractivity contribution in [2.75, 3.05) is 19.6 Å². The second-order valence-electron chi connectivity index (χ2n) is 4.74. The summed E-state index contributed by atoms with van der Waals surface area (Å²) in [6, 6.07) is 0. The van der Waals surface area contributed by atoms with Crippen molar-refractivity contribution in [2.45, 2.75) is 38.5 Å². The van der Waals surface area contributed by atoms with Gasteiger partial charge in [-0.25, -0.2) is 0 Å². The average molecular weight is 197 g/mol. The highest BCUT2D eigenvalue weighted by molar-refractivity contribution is 5.77. The number of hydrogen-bond donors (Lipinski definition) is 1. The first-order valence-corrected chi connectivity index (χ1v) is 5.69. The minimum absolute atomic E-state index is 0.306. The number of carboxylic acids is 1. The van der Waals surface area contributed by atoms with Crippen molar-refractivity contribution >= 4 is 5.97 Å². The fraction of sp³-hybridized carbons (Fsp3) is 0.909. The molecule has 0 atom stereocenters. The highest BCUT2D eigenvalue weighted by Crippen LogP contribution is 2.49. The van der Waals surface area contributed by atoms with Crippen LogP contribution in [0, 0.1) is 5.41 Å². The largest absolute Gasteiger partial charge is 0.481 e. The molecule has 0 bridgehead atoms. The van der Waals surface area contributed by atoms with Gasteiger partial charge in [-0.2, -0.15) is 0 Å². The molecule has 3 heteroatoms. The number of hydrogen-bond acceptors (Lipinski definition) is 2. The lowest BCUT2D eigenvalue weighted by molar-refractivity contribution is -0.143. The molecule has 0 aromatic rings. The Morgan fingerprint density at radius 3 is 2.43 bits per heavy atom. The minimum atomic E-state index is -0.570. The SMILES string of the molecule is O=C(O)C1(CCCN2CCCC2)CC1. The second kappa shape index (κ2) is 3.89. The molecule has 0 radical (unpaired) electrons. The molecule has 1 heterocycles. The van der Waals surface area contributed by atoms with E-state index in [4.69, 9.17) is 5.11 Å². The van der Waals surface area contributed by atoms with Crippen LogP contribution in [0.2, 0.25) is 0 Å². The Kier molecular flexibility index (Phi) is 2.77. The quantitative estimate of drug-likeness (QED) is 0.729. The number of rotatable bonds is 5. The smallest absolute Gasteiger partial charge is 0.309 e.